The molecular weight excluding hydrogens is 250 g/mol. The lowest BCUT2D eigenvalue weighted by Gasteiger charge is -2.10. The van der Waals surface area contributed by atoms with Crippen LogP contribution in [0, 0.1) is 0 Å². The fraction of sp³-hybridized carbons (Fsp3) is 0.294. The third kappa shape index (κ3) is 3.23. The van der Waals surface area contributed by atoms with Crippen molar-refractivity contribution in [1.82, 2.24) is 0 Å². The molecule has 0 saturated heterocycles. The number of hydrogen-bond donors (Lipinski definition) is 0. The van der Waals surface area contributed by atoms with E-state index in [0.29, 0.717) is 12.1 Å². The summed E-state index contributed by atoms with van der Waals surface area (Å²) in [7, 11) is 0. The Hall–Kier alpha value is -2.16. The molecule has 1 aromatic carbocycles. The van der Waals surface area contributed by atoms with Gasteiger partial charge in [-0.15, -0.1) is 0 Å². The Balaban J connectivity index is 2.37. The van der Waals surface area contributed by atoms with Gasteiger partial charge in [-0.2, -0.15) is 0 Å². The summed E-state index contributed by atoms with van der Waals surface area (Å²) < 4.78 is 0. The van der Waals surface area contributed by atoms with Gasteiger partial charge in [-0.25, -0.2) is 4.79 Å². The second kappa shape index (κ2) is 6.33. The van der Waals surface area contributed by atoms with Crippen LogP contribution in [0.15, 0.2) is 47.1 Å². The zero-order chi connectivity index (χ0) is 14.5. The number of nitrogens with zero attached hydrogens (tertiary/aromatic N) is 1. The van der Waals surface area contributed by atoms with Gasteiger partial charge in [0.25, 0.3) is 0 Å². The van der Waals surface area contributed by atoms with Crippen molar-refractivity contribution in [1.29, 1.82) is 0 Å². The minimum atomic E-state index is -0.321. The number of benzene rings is 1. The molecule has 20 heavy (non-hydrogen) atoms. The number of allylic oxidation sites excluding steroid dienone is 4. The zero-order valence-electron chi connectivity index (χ0n) is 12.1. The molecule has 1 aliphatic rings. The zero-order valence-corrected chi connectivity index (χ0v) is 12.1. The second-order valence-electron chi connectivity index (χ2n) is 4.92. The summed E-state index contributed by atoms with van der Waals surface area (Å²) >= 11 is 0. The molecular formula is C17H19NO2. The number of hydrogen-bond acceptors (Lipinski definition) is 3. The lowest BCUT2D eigenvalue weighted by Crippen LogP contribution is -2.04. The molecule has 3 heteroatoms. The predicted molar refractivity (Wildman–Crippen MR) is 81.4 cm³/mol. The molecule has 0 radical (unpaired) electrons. The normalized spacial score (nSPS) is 14.8. The lowest BCUT2D eigenvalue weighted by molar-refractivity contribution is -0.143. The van der Waals surface area contributed by atoms with Crippen molar-refractivity contribution >= 4 is 17.3 Å². The summed E-state index contributed by atoms with van der Waals surface area (Å²) in [6.45, 7) is 5.72. The maximum Gasteiger partial charge on any atom is 0.334 e. The highest BCUT2D eigenvalue weighted by molar-refractivity contribution is 6.23. The first kappa shape index (κ1) is 14.3. The van der Waals surface area contributed by atoms with Crippen molar-refractivity contribution < 1.29 is 9.63 Å². The number of fused-ring (bicyclic) bond motifs is 1. The molecule has 0 fully saturated rings. The maximum atomic E-state index is 11.2. The molecule has 0 bridgehead atoms. The molecule has 0 amide bonds. The number of carbonyl (C=O) groups is 1. The summed E-state index contributed by atoms with van der Waals surface area (Å²) in [5.74, 6) is -0.321. The van der Waals surface area contributed by atoms with E-state index in [4.69, 9.17) is 4.84 Å². The molecule has 1 aliphatic carbocycles. The van der Waals surface area contributed by atoms with Crippen molar-refractivity contribution in [3.8, 4) is 0 Å². The van der Waals surface area contributed by atoms with Crippen LogP contribution in [0.5, 0.6) is 0 Å². The Morgan fingerprint density at radius 1 is 1.30 bits per heavy atom. The van der Waals surface area contributed by atoms with Gasteiger partial charge in [0.2, 0.25) is 0 Å². The molecule has 0 heterocycles. The molecule has 0 atom stereocenters. The van der Waals surface area contributed by atoms with Crippen LogP contribution in [0.2, 0.25) is 0 Å². The standard InChI is InChI=1S/C17H19NO2/c1-4-17(19)20-18-13(3)15-10-9-12(2)11-14-7-5-6-8-16(14)15/h5-10H,4,11H2,1-3H3/b18-13+. The van der Waals surface area contributed by atoms with Crippen molar-refractivity contribution in [2.75, 3.05) is 0 Å². The van der Waals surface area contributed by atoms with Gasteiger partial charge in [0, 0.05) is 12.0 Å². The van der Waals surface area contributed by atoms with Crippen LogP contribution >= 0.6 is 0 Å². The van der Waals surface area contributed by atoms with Crippen LogP contribution < -0.4 is 0 Å². The van der Waals surface area contributed by atoms with Crippen LogP contribution in [0.25, 0.3) is 5.57 Å². The molecule has 0 unspecified atom stereocenters. The maximum absolute atomic E-state index is 11.2. The largest absolute Gasteiger partial charge is 0.334 e. The van der Waals surface area contributed by atoms with E-state index in [1.807, 2.05) is 25.1 Å². The van der Waals surface area contributed by atoms with Crippen LogP contribution in [0.4, 0.5) is 0 Å². The fourth-order valence-corrected chi connectivity index (χ4v) is 2.16. The summed E-state index contributed by atoms with van der Waals surface area (Å²) in [5, 5.41) is 3.95. The first-order chi connectivity index (χ1) is 9.61. The molecule has 0 aromatic heterocycles. The van der Waals surface area contributed by atoms with Crippen LogP contribution in [-0.4, -0.2) is 11.7 Å². The minimum absolute atomic E-state index is 0.321. The Labute approximate surface area is 119 Å². The fourth-order valence-electron chi connectivity index (χ4n) is 2.16. The van der Waals surface area contributed by atoms with E-state index in [0.717, 1.165) is 17.6 Å². The van der Waals surface area contributed by atoms with Crippen molar-refractivity contribution in [3.63, 3.8) is 0 Å². The van der Waals surface area contributed by atoms with E-state index >= 15 is 0 Å². The molecule has 0 N–H and O–H groups in total. The van der Waals surface area contributed by atoms with E-state index in [9.17, 15) is 4.79 Å². The summed E-state index contributed by atoms with van der Waals surface area (Å²) in [6.07, 6.45) is 5.39. The minimum Gasteiger partial charge on any atom is -0.318 e. The highest BCUT2D eigenvalue weighted by Crippen LogP contribution is 2.26. The molecule has 0 spiro atoms. The topological polar surface area (TPSA) is 38.7 Å². The van der Waals surface area contributed by atoms with Gasteiger partial charge in [0.05, 0.1) is 5.71 Å². The van der Waals surface area contributed by atoms with Crippen molar-refractivity contribution in [2.24, 2.45) is 5.16 Å². The molecule has 104 valence electrons. The van der Waals surface area contributed by atoms with Crippen LogP contribution in [-0.2, 0) is 16.1 Å². The Bertz CT molecular complexity index is 609. The van der Waals surface area contributed by atoms with Crippen molar-refractivity contribution in [3.05, 3.63) is 53.1 Å². The first-order valence-corrected chi connectivity index (χ1v) is 6.82. The molecule has 3 nitrogen and oxygen atoms in total. The van der Waals surface area contributed by atoms with E-state index in [2.05, 4.69) is 30.3 Å². The van der Waals surface area contributed by atoms with Crippen LogP contribution in [0.3, 0.4) is 0 Å². The monoisotopic (exact) mass is 269 g/mol. The molecule has 2 rings (SSSR count). The van der Waals surface area contributed by atoms with Gasteiger partial charge >= 0.3 is 5.97 Å². The van der Waals surface area contributed by atoms with Gasteiger partial charge in [-0.1, -0.05) is 54.1 Å². The molecule has 0 aliphatic heterocycles. The van der Waals surface area contributed by atoms with Crippen LogP contribution in [0.1, 0.15) is 38.3 Å². The van der Waals surface area contributed by atoms with E-state index in [1.165, 1.54) is 11.1 Å². The smallest absolute Gasteiger partial charge is 0.318 e. The van der Waals surface area contributed by atoms with Crippen molar-refractivity contribution in [2.45, 2.75) is 33.6 Å². The number of rotatable bonds is 3. The van der Waals surface area contributed by atoms with Gasteiger partial charge in [-0.05, 0) is 31.4 Å². The summed E-state index contributed by atoms with van der Waals surface area (Å²) in [4.78, 5) is 16.1. The van der Waals surface area contributed by atoms with Gasteiger partial charge in [0.1, 0.15) is 0 Å². The SMILES string of the molecule is CCC(=O)O/N=C(\C)C1=CC=C(C)Cc2ccccc21. The van der Waals surface area contributed by atoms with E-state index < -0.39 is 0 Å². The highest BCUT2D eigenvalue weighted by Gasteiger charge is 2.13. The van der Waals surface area contributed by atoms with Gasteiger partial charge in [0.15, 0.2) is 0 Å². The summed E-state index contributed by atoms with van der Waals surface area (Å²) in [6, 6.07) is 8.25. The Kier molecular flexibility index (Phi) is 4.51. The third-order valence-electron chi connectivity index (χ3n) is 3.27. The Morgan fingerprint density at radius 3 is 2.80 bits per heavy atom. The lowest BCUT2D eigenvalue weighted by atomic mass is 9.95. The third-order valence-corrected chi connectivity index (χ3v) is 3.27. The van der Waals surface area contributed by atoms with Gasteiger partial charge in [-0.3, -0.25) is 0 Å². The summed E-state index contributed by atoms with van der Waals surface area (Å²) in [5.41, 5.74) is 5.42. The first-order valence-electron chi connectivity index (χ1n) is 6.82. The Morgan fingerprint density at radius 2 is 2.05 bits per heavy atom. The van der Waals surface area contributed by atoms with E-state index in [-0.39, 0.29) is 5.97 Å². The van der Waals surface area contributed by atoms with E-state index in [1.54, 1.807) is 6.92 Å². The number of oxime groups is 1. The highest BCUT2D eigenvalue weighted by atomic mass is 16.7. The second-order valence-corrected chi connectivity index (χ2v) is 4.92. The quantitative estimate of drug-likeness (QED) is 0.474. The predicted octanol–water partition coefficient (Wildman–Crippen LogP) is 3.90. The number of carbonyl (C=O) groups excluding carboxylic acids is 1. The molecule has 0 saturated carbocycles. The average molecular weight is 269 g/mol. The molecule has 1 aromatic rings. The van der Waals surface area contributed by atoms with Gasteiger partial charge < -0.3 is 4.84 Å². The average Bonchev–Trinajstić information content (AvgIpc) is 2.62.